The van der Waals surface area contributed by atoms with E-state index in [9.17, 15) is 14.7 Å². The summed E-state index contributed by atoms with van der Waals surface area (Å²) in [5.41, 5.74) is 3.53. The van der Waals surface area contributed by atoms with Gasteiger partial charge < -0.3 is 15.2 Å². The number of nitrogens with one attached hydrogen (secondary N) is 1. The van der Waals surface area contributed by atoms with Crippen molar-refractivity contribution in [3.05, 3.63) is 64.7 Å². The van der Waals surface area contributed by atoms with Gasteiger partial charge in [-0.15, -0.1) is 0 Å². The lowest BCUT2D eigenvalue weighted by Gasteiger charge is -2.17. The van der Waals surface area contributed by atoms with Crippen LogP contribution in [0.1, 0.15) is 34.2 Å². The number of carbonyl (C=O) groups is 2. The van der Waals surface area contributed by atoms with E-state index >= 15 is 0 Å². The highest BCUT2D eigenvalue weighted by Gasteiger charge is 2.33. The fraction of sp³-hybridized carbons (Fsp3) is 0.263. The zero-order valence-corrected chi connectivity index (χ0v) is 13.6. The van der Waals surface area contributed by atoms with Gasteiger partial charge in [-0.1, -0.05) is 36.4 Å². The molecule has 1 aliphatic rings. The van der Waals surface area contributed by atoms with Crippen LogP contribution in [0.25, 0.3) is 0 Å². The monoisotopic (exact) mass is 325 g/mol. The minimum absolute atomic E-state index is 0.227. The van der Waals surface area contributed by atoms with Gasteiger partial charge in [-0.05, 0) is 36.6 Å². The van der Waals surface area contributed by atoms with Crippen molar-refractivity contribution in [2.45, 2.75) is 25.8 Å². The number of benzene rings is 2. The van der Waals surface area contributed by atoms with Gasteiger partial charge in [0.15, 0.2) is 6.04 Å². The quantitative estimate of drug-likeness (QED) is 0.906. The number of aryl methyl sites for hydroxylation is 2. The van der Waals surface area contributed by atoms with Crippen molar-refractivity contribution in [1.29, 1.82) is 0 Å². The number of rotatable bonds is 4. The van der Waals surface area contributed by atoms with Crippen LogP contribution in [0.4, 0.5) is 0 Å². The van der Waals surface area contributed by atoms with Crippen molar-refractivity contribution in [1.82, 2.24) is 5.32 Å². The van der Waals surface area contributed by atoms with E-state index in [1.165, 1.54) is 0 Å². The highest BCUT2D eigenvalue weighted by Crippen LogP contribution is 2.36. The Kier molecular flexibility index (Phi) is 4.25. The molecule has 0 aromatic heterocycles. The minimum Gasteiger partial charge on any atom is -0.492 e. The second kappa shape index (κ2) is 6.35. The van der Waals surface area contributed by atoms with Crippen molar-refractivity contribution in [2.75, 3.05) is 6.61 Å². The molecule has 1 aliphatic heterocycles. The molecular formula is C19H19NO4. The Labute approximate surface area is 140 Å². The number of hydrogen-bond donors (Lipinski definition) is 2. The van der Waals surface area contributed by atoms with Gasteiger partial charge in [0.05, 0.1) is 0 Å². The molecule has 2 atom stereocenters. The van der Waals surface area contributed by atoms with Crippen LogP contribution in [0, 0.1) is 13.8 Å². The first-order valence-electron chi connectivity index (χ1n) is 7.79. The highest BCUT2D eigenvalue weighted by atomic mass is 16.5. The number of carboxylic acid groups (broad SMARTS) is 1. The van der Waals surface area contributed by atoms with E-state index < -0.39 is 17.9 Å². The molecule has 0 aliphatic carbocycles. The van der Waals surface area contributed by atoms with Crippen LogP contribution >= 0.6 is 0 Å². The lowest BCUT2D eigenvalue weighted by molar-refractivity contribution is -0.142. The third kappa shape index (κ3) is 2.97. The van der Waals surface area contributed by atoms with Gasteiger partial charge >= 0.3 is 5.97 Å². The normalized spacial score (nSPS) is 16.8. The standard InChI is InChI=1S/C19H19NO4/c1-11-8-14-15(10-24-16(14)9-12(11)2)18(21)20-17(19(22)23)13-6-4-3-5-7-13/h3-9,15,17H,10H2,1-2H3,(H,20,21)(H,22,23)/t15?,17-/m1/s1. The zero-order valence-electron chi connectivity index (χ0n) is 13.6. The molecule has 24 heavy (non-hydrogen) atoms. The van der Waals surface area contributed by atoms with E-state index in [2.05, 4.69) is 5.32 Å². The molecule has 2 N–H and O–H groups in total. The molecule has 0 fully saturated rings. The van der Waals surface area contributed by atoms with Crippen molar-refractivity contribution in [3.63, 3.8) is 0 Å². The molecule has 5 nitrogen and oxygen atoms in total. The Morgan fingerprint density at radius 2 is 1.83 bits per heavy atom. The summed E-state index contributed by atoms with van der Waals surface area (Å²) < 4.78 is 5.61. The van der Waals surface area contributed by atoms with Crippen LogP contribution in [0.3, 0.4) is 0 Å². The largest absolute Gasteiger partial charge is 0.492 e. The van der Waals surface area contributed by atoms with Crippen LogP contribution in [0.2, 0.25) is 0 Å². The number of ether oxygens (including phenoxy) is 1. The topological polar surface area (TPSA) is 75.6 Å². The van der Waals surface area contributed by atoms with Crippen molar-refractivity contribution < 1.29 is 19.4 Å². The van der Waals surface area contributed by atoms with E-state index in [0.29, 0.717) is 11.3 Å². The second-order valence-corrected chi connectivity index (χ2v) is 6.03. The van der Waals surface area contributed by atoms with Crippen LogP contribution in [-0.2, 0) is 9.59 Å². The highest BCUT2D eigenvalue weighted by molar-refractivity contribution is 5.90. The van der Waals surface area contributed by atoms with Gasteiger partial charge in [-0.3, -0.25) is 4.79 Å². The molecule has 2 aromatic carbocycles. The Bertz CT molecular complexity index is 785. The Morgan fingerprint density at radius 3 is 2.50 bits per heavy atom. The lowest BCUT2D eigenvalue weighted by Crippen LogP contribution is -2.37. The first-order valence-corrected chi connectivity index (χ1v) is 7.79. The molecule has 5 heteroatoms. The predicted molar refractivity (Wildman–Crippen MR) is 89.1 cm³/mol. The predicted octanol–water partition coefficient (Wildman–Crippen LogP) is 2.72. The summed E-state index contributed by atoms with van der Waals surface area (Å²) in [5, 5.41) is 12.1. The number of aliphatic carboxylic acids is 1. The van der Waals surface area contributed by atoms with Gasteiger partial charge in [-0.2, -0.15) is 0 Å². The molecule has 2 aromatic rings. The zero-order chi connectivity index (χ0) is 17.3. The average molecular weight is 325 g/mol. The maximum Gasteiger partial charge on any atom is 0.330 e. The summed E-state index contributed by atoms with van der Waals surface area (Å²) in [6, 6.07) is 11.5. The maximum absolute atomic E-state index is 12.6. The van der Waals surface area contributed by atoms with Crippen LogP contribution in [0.15, 0.2) is 42.5 Å². The van der Waals surface area contributed by atoms with Crippen LogP contribution in [-0.4, -0.2) is 23.6 Å². The van der Waals surface area contributed by atoms with Gasteiger partial charge in [-0.25, -0.2) is 4.79 Å². The number of hydrogen-bond acceptors (Lipinski definition) is 3. The van der Waals surface area contributed by atoms with Crippen LogP contribution in [0.5, 0.6) is 5.75 Å². The first kappa shape index (κ1) is 16.1. The third-order valence-electron chi connectivity index (χ3n) is 4.39. The fourth-order valence-electron chi connectivity index (χ4n) is 2.87. The summed E-state index contributed by atoms with van der Waals surface area (Å²) in [5.74, 6) is -1.23. The summed E-state index contributed by atoms with van der Waals surface area (Å²) in [4.78, 5) is 24.2. The fourth-order valence-corrected chi connectivity index (χ4v) is 2.87. The smallest absolute Gasteiger partial charge is 0.330 e. The number of carbonyl (C=O) groups excluding carboxylic acids is 1. The van der Waals surface area contributed by atoms with E-state index in [-0.39, 0.29) is 12.5 Å². The van der Waals surface area contributed by atoms with Crippen molar-refractivity contribution >= 4 is 11.9 Å². The molecule has 1 unspecified atom stereocenters. The Balaban J connectivity index is 1.83. The van der Waals surface area contributed by atoms with Gasteiger partial charge in [0.1, 0.15) is 18.3 Å². The van der Waals surface area contributed by atoms with Gasteiger partial charge in [0.25, 0.3) is 0 Å². The second-order valence-electron chi connectivity index (χ2n) is 6.03. The number of fused-ring (bicyclic) bond motifs is 1. The molecule has 0 radical (unpaired) electrons. The SMILES string of the molecule is Cc1cc2c(cc1C)C(C(=O)N[C@@H](C(=O)O)c1ccccc1)CO2. The molecule has 0 bridgehead atoms. The van der Waals surface area contributed by atoms with E-state index in [0.717, 1.165) is 16.7 Å². The molecule has 0 spiro atoms. The number of amides is 1. The Morgan fingerprint density at radius 1 is 1.17 bits per heavy atom. The summed E-state index contributed by atoms with van der Waals surface area (Å²) >= 11 is 0. The van der Waals surface area contributed by atoms with E-state index in [4.69, 9.17) is 4.74 Å². The third-order valence-corrected chi connectivity index (χ3v) is 4.39. The Hall–Kier alpha value is -2.82. The number of carboxylic acids is 1. The molecule has 0 saturated heterocycles. The average Bonchev–Trinajstić information content (AvgIpc) is 2.96. The molecule has 124 valence electrons. The molecule has 0 saturated carbocycles. The van der Waals surface area contributed by atoms with Gasteiger partial charge in [0.2, 0.25) is 5.91 Å². The molecule has 1 heterocycles. The van der Waals surface area contributed by atoms with Crippen molar-refractivity contribution in [2.24, 2.45) is 0 Å². The molecular weight excluding hydrogens is 306 g/mol. The molecule has 3 rings (SSSR count). The minimum atomic E-state index is -1.09. The summed E-state index contributed by atoms with van der Waals surface area (Å²) in [6.07, 6.45) is 0. The van der Waals surface area contributed by atoms with E-state index in [1.807, 2.05) is 26.0 Å². The van der Waals surface area contributed by atoms with Gasteiger partial charge in [0, 0.05) is 5.56 Å². The first-order chi connectivity index (χ1) is 11.5. The lowest BCUT2D eigenvalue weighted by atomic mass is 9.95. The molecule has 1 amide bonds. The maximum atomic E-state index is 12.6. The van der Waals surface area contributed by atoms with Crippen LogP contribution < -0.4 is 10.1 Å². The summed E-state index contributed by atoms with van der Waals surface area (Å²) in [6.45, 7) is 4.19. The van der Waals surface area contributed by atoms with Crippen molar-refractivity contribution in [3.8, 4) is 5.75 Å². The summed E-state index contributed by atoms with van der Waals surface area (Å²) in [7, 11) is 0. The van der Waals surface area contributed by atoms with E-state index in [1.54, 1.807) is 30.3 Å².